The maximum absolute atomic E-state index is 12.3. The van der Waals surface area contributed by atoms with Gasteiger partial charge in [-0.05, 0) is 61.7 Å². The fourth-order valence-electron chi connectivity index (χ4n) is 3.51. The summed E-state index contributed by atoms with van der Waals surface area (Å²) in [5, 5.41) is 10.8. The molecule has 6 heteroatoms. The van der Waals surface area contributed by atoms with Gasteiger partial charge in [0.25, 0.3) is 0 Å². The number of ether oxygens (including phenoxy) is 1. The lowest BCUT2D eigenvalue weighted by molar-refractivity contribution is 0.0402. The highest BCUT2D eigenvalue weighted by molar-refractivity contribution is 6.74. The van der Waals surface area contributed by atoms with Crippen LogP contribution in [0.3, 0.4) is 0 Å². The van der Waals surface area contributed by atoms with Crippen molar-refractivity contribution in [2.24, 2.45) is 5.92 Å². The van der Waals surface area contributed by atoms with Gasteiger partial charge >= 0.3 is 6.09 Å². The van der Waals surface area contributed by atoms with Gasteiger partial charge < -0.3 is 19.2 Å². The molecule has 1 N–H and O–H groups in total. The van der Waals surface area contributed by atoms with Crippen LogP contribution in [0.2, 0.25) is 18.1 Å². The topological polar surface area (TPSA) is 59.0 Å². The molecule has 0 spiro atoms. The van der Waals surface area contributed by atoms with Gasteiger partial charge in [0.2, 0.25) is 0 Å². The molecule has 5 nitrogen and oxygen atoms in total. The molecule has 0 radical (unpaired) electrons. The highest BCUT2D eigenvalue weighted by Gasteiger charge is 2.36. The van der Waals surface area contributed by atoms with Crippen LogP contribution in [0, 0.1) is 5.92 Å². The van der Waals surface area contributed by atoms with Crippen molar-refractivity contribution in [2.75, 3.05) is 19.7 Å². The Morgan fingerprint density at radius 1 is 1.17 bits per heavy atom. The lowest BCUT2D eigenvalue weighted by Gasteiger charge is -2.36. The fourth-order valence-corrected chi connectivity index (χ4v) is 4.60. The molecule has 0 bridgehead atoms. The highest BCUT2D eigenvalue weighted by Crippen LogP contribution is 2.36. The fraction of sp³-hybridized carbons (Fsp3) is 0.708. The van der Waals surface area contributed by atoms with Crippen molar-refractivity contribution in [1.82, 2.24) is 4.90 Å². The Morgan fingerprint density at radius 3 is 2.40 bits per heavy atom. The number of unbranched alkanes of at least 4 members (excludes halogenated alkanes) is 1. The summed E-state index contributed by atoms with van der Waals surface area (Å²) in [7, 11) is -1.67. The first-order valence-electron chi connectivity index (χ1n) is 11.4. The molecular formula is C24H41NO4Si. The molecule has 1 fully saturated rings. The Morgan fingerprint density at radius 2 is 1.80 bits per heavy atom. The van der Waals surface area contributed by atoms with E-state index in [-0.39, 0.29) is 23.2 Å². The van der Waals surface area contributed by atoms with E-state index in [1.54, 1.807) is 4.90 Å². The van der Waals surface area contributed by atoms with E-state index in [0.29, 0.717) is 19.7 Å². The summed E-state index contributed by atoms with van der Waals surface area (Å²) in [6.45, 7) is 13.7. The summed E-state index contributed by atoms with van der Waals surface area (Å²) in [4.78, 5) is 14.0. The van der Waals surface area contributed by atoms with Crippen LogP contribution in [0.15, 0.2) is 30.3 Å². The number of likely N-dealkylation sites (tertiary alicyclic amines) is 1. The second-order valence-corrected chi connectivity index (χ2v) is 14.8. The zero-order valence-corrected chi connectivity index (χ0v) is 20.5. The number of aliphatic hydroxyl groups excluding tert-OH is 1. The number of nitrogens with zero attached hydrogens (tertiary/aromatic N) is 1. The van der Waals surface area contributed by atoms with Crippen LogP contribution in [0.5, 0.6) is 0 Å². The monoisotopic (exact) mass is 435 g/mol. The number of carbonyl (C=O) groups is 1. The average molecular weight is 436 g/mol. The standard InChI is InChI=1S/C24H41NO4Si/c1-24(2,3)30(4,5)29-18-10-9-13-22(26)21-14-16-25(17-15-21)23(27)28-19-20-11-7-6-8-12-20/h6-8,11-12,21-22,26H,9-10,13-19H2,1-5H3. The largest absolute Gasteiger partial charge is 0.445 e. The number of amides is 1. The smallest absolute Gasteiger partial charge is 0.410 e. The van der Waals surface area contributed by atoms with Crippen molar-refractivity contribution in [3.8, 4) is 0 Å². The third-order valence-electron chi connectivity index (χ3n) is 6.71. The van der Waals surface area contributed by atoms with E-state index in [1.807, 2.05) is 30.3 Å². The van der Waals surface area contributed by atoms with Gasteiger partial charge in [0.05, 0.1) is 6.10 Å². The molecule has 1 heterocycles. The van der Waals surface area contributed by atoms with Gasteiger partial charge in [-0.25, -0.2) is 4.79 Å². The number of benzene rings is 1. The SMILES string of the molecule is CC(C)(C)[Si](C)(C)OCCCCC(O)C1CCN(C(=O)OCc2ccccc2)CC1. The van der Waals surface area contributed by atoms with E-state index in [9.17, 15) is 9.90 Å². The molecule has 1 aliphatic heterocycles. The predicted octanol–water partition coefficient (Wildman–Crippen LogP) is 5.59. The van der Waals surface area contributed by atoms with Crippen LogP contribution >= 0.6 is 0 Å². The number of rotatable bonds is 9. The van der Waals surface area contributed by atoms with Crippen molar-refractivity contribution in [2.45, 2.75) is 83.7 Å². The lowest BCUT2D eigenvalue weighted by Crippen LogP contribution is -2.41. The van der Waals surface area contributed by atoms with Crippen LogP contribution in [-0.2, 0) is 15.8 Å². The second-order valence-electron chi connectivity index (χ2n) is 10.0. The minimum Gasteiger partial charge on any atom is -0.445 e. The molecule has 30 heavy (non-hydrogen) atoms. The van der Waals surface area contributed by atoms with Gasteiger partial charge in [0.15, 0.2) is 8.32 Å². The molecule has 1 amide bonds. The van der Waals surface area contributed by atoms with Crippen LogP contribution in [0.1, 0.15) is 58.4 Å². The van der Waals surface area contributed by atoms with Crippen molar-refractivity contribution in [3.05, 3.63) is 35.9 Å². The van der Waals surface area contributed by atoms with Crippen molar-refractivity contribution in [3.63, 3.8) is 0 Å². The maximum Gasteiger partial charge on any atom is 0.410 e. The van der Waals surface area contributed by atoms with E-state index < -0.39 is 8.32 Å². The van der Waals surface area contributed by atoms with Gasteiger partial charge in [-0.15, -0.1) is 0 Å². The first-order valence-corrected chi connectivity index (χ1v) is 14.3. The molecule has 1 aromatic carbocycles. The molecule has 1 saturated heterocycles. The molecule has 0 aliphatic carbocycles. The Labute approximate surface area is 183 Å². The van der Waals surface area contributed by atoms with Gasteiger partial charge in [-0.2, -0.15) is 0 Å². The molecule has 0 aromatic heterocycles. The van der Waals surface area contributed by atoms with Crippen LogP contribution in [0.25, 0.3) is 0 Å². The molecule has 170 valence electrons. The highest BCUT2D eigenvalue weighted by atomic mass is 28.4. The molecule has 1 aromatic rings. The minimum absolute atomic E-state index is 0.239. The lowest BCUT2D eigenvalue weighted by atomic mass is 9.89. The van der Waals surface area contributed by atoms with Crippen molar-refractivity contribution in [1.29, 1.82) is 0 Å². The van der Waals surface area contributed by atoms with E-state index in [1.165, 1.54) is 0 Å². The second kappa shape index (κ2) is 11.3. The molecule has 1 unspecified atom stereocenters. The van der Waals surface area contributed by atoms with E-state index in [4.69, 9.17) is 9.16 Å². The predicted molar refractivity (Wildman–Crippen MR) is 124 cm³/mol. The van der Waals surface area contributed by atoms with E-state index >= 15 is 0 Å². The number of aliphatic hydroxyl groups is 1. The van der Waals surface area contributed by atoms with Crippen molar-refractivity contribution >= 4 is 14.4 Å². The van der Waals surface area contributed by atoms with Crippen LogP contribution in [-0.4, -0.2) is 50.2 Å². The van der Waals surface area contributed by atoms with Crippen molar-refractivity contribution < 1.29 is 19.1 Å². The third kappa shape index (κ3) is 7.71. The summed E-state index contributed by atoms with van der Waals surface area (Å²) in [6.07, 6.45) is 3.91. The molecular weight excluding hydrogens is 394 g/mol. The van der Waals surface area contributed by atoms with E-state index in [0.717, 1.165) is 44.3 Å². The summed E-state index contributed by atoms with van der Waals surface area (Å²) < 4.78 is 11.6. The normalized spacial score (nSPS) is 17.1. The Hall–Kier alpha value is -1.37. The average Bonchev–Trinajstić information content (AvgIpc) is 2.71. The van der Waals surface area contributed by atoms with Gasteiger partial charge in [0, 0.05) is 19.7 Å². The zero-order valence-electron chi connectivity index (χ0n) is 19.5. The first-order chi connectivity index (χ1) is 14.1. The van der Waals surface area contributed by atoms with Crippen LogP contribution < -0.4 is 0 Å². The maximum atomic E-state index is 12.3. The zero-order chi connectivity index (χ0) is 22.2. The van der Waals surface area contributed by atoms with Gasteiger partial charge in [-0.1, -0.05) is 51.1 Å². The Balaban J connectivity index is 1.60. The number of hydrogen-bond acceptors (Lipinski definition) is 4. The number of carbonyl (C=O) groups excluding carboxylic acids is 1. The number of hydrogen-bond donors (Lipinski definition) is 1. The summed E-state index contributed by atoms with van der Waals surface area (Å²) in [6, 6.07) is 9.73. The van der Waals surface area contributed by atoms with Crippen LogP contribution in [0.4, 0.5) is 4.79 Å². The Kier molecular flexibility index (Phi) is 9.38. The van der Waals surface area contributed by atoms with Gasteiger partial charge in [0.1, 0.15) is 6.61 Å². The summed E-state index contributed by atoms with van der Waals surface area (Å²) >= 11 is 0. The molecule has 2 rings (SSSR count). The van der Waals surface area contributed by atoms with E-state index in [2.05, 4.69) is 33.9 Å². The quantitative estimate of drug-likeness (QED) is 0.406. The van der Waals surface area contributed by atoms with Gasteiger partial charge in [-0.3, -0.25) is 0 Å². The molecule has 1 aliphatic rings. The number of piperidine rings is 1. The molecule has 1 atom stereocenters. The third-order valence-corrected chi connectivity index (χ3v) is 11.2. The Bertz CT molecular complexity index is 636. The molecule has 0 saturated carbocycles. The summed E-state index contributed by atoms with van der Waals surface area (Å²) in [5.74, 6) is 0.268. The minimum atomic E-state index is -1.67. The first kappa shape index (κ1) is 24.9. The summed E-state index contributed by atoms with van der Waals surface area (Å²) in [5.41, 5.74) is 0.994.